The number of hydrogen-bond donors (Lipinski definition) is 1. The Morgan fingerprint density at radius 2 is 1.67 bits per heavy atom. The third kappa shape index (κ3) is 1.76. The topological polar surface area (TPSA) is 29.1 Å². The minimum atomic E-state index is -0.550. The van der Waals surface area contributed by atoms with Gasteiger partial charge in [-0.15, -0.1) is 6.42 Å². The lowest BCUT2D eigenvalue weighted by atomic mass is 10.0. The van der Waals surface area contributed by atoms with E-state index in [-0.39, 0.29) is 22.7 Å². The van der Waals surface area contributed by atoms with Gasteiger partial charge in [0.1, 0.15) is 0 Å². The van der Waals surface area contributed by atoms with Crippen molar-refractivity contribution in [2.45, 2.75) is 47.1 Å². The summed E-state index contributed by atoms with van der Waals surface area (Å²) in [4.78, 5) is 12.0. The van der Waals surface area contributed by atoms with Gasteiger partial charge in [-0.2, -0.15) is 0 Å². The molecule has 15 heavy (non-hydrogen) atoms. The minimum Gasteiger partial charge on any atom is -0.340 e. The second-order valence-electron chi connectivity index (χ2n) is 6.13. The normalized spacial score (nSPS) is 23.0. The fourth-order valence-corrected chi connectivity index (χ4v) is 2.27. The lowest BCUT2D eigenvalue weighted by Gasteiger charge is -2.20. The molecule has 0 radical (unpaired) electrons. The molecule has 0 atom stereocenters. The van der Waals surface area contributed by atoms with Gasteiger partial charge in [0.15, 0.2) is 0 Å². The highest BCUT2D eigenvalue weighted by Crippen LogP contribution is 2.68. The number of amides is 1. The largest absolute Gasteiger partial charge is 0.340 e. The molecular formula is C13H21NO. The molecule has 1 saturated carbocycles. The molecule has 84 valence electrons. The van der Waals surface area contributed by atoms with E-state index in [4.69, 9.17) is 6.42 Å². The van der Waals surface area contributed by atoms with Crippen LogP contribution < -0.4 is 5.32 Å². The van der Waals surface area contributed by atoms with Gasteiger partial charge in [0, 0.05) is 5.92 Å². The minimum absolute atomic E-state index is 0.0672. The first kappa shape index (κ1) is 12.1. The second kappa shape index (κ2) is 3.01. The summed E-state index contributed by atoms with van der Waals surface area (Å²) in [6, 6.07) is 0. The molecule has 0 spiro atoms. The first-order valence-electron chi connectivity index (χ1n) is 5.36. The Labute approximate surface area is 92.8 Å². The third-order valence-corrected chi connectivity index (χ3v) is 4.08. The zero-order valence-corrected chi connectivity index (χ0v) is 10.6. The molecule has 0 saturated heterocycles. The standard InChI is InChI=1S/C13H21NO/c1-8-11(2,3)14-10(15)9-12(4,5)13(9,6)7/h1,9H,2-7H3,(H,14,15). The van der Waals surface area contributed by atoms with Crippen LogP contribution in [-0.2, 0) is 4.79 Å². The molecule has 2 nitrogen and oxygen atoms in total. The van der Waals surface area contributed by atoms with Crippen LogP contribution in [0.25, 0.3) is 0 Å². The highest BCUT2D eigenvalue weighted by molar-refractivity contribution is 5.85. The maximum atomic E-state index is 12.0. The molecular weight excluding hydrogens is 186 g/mol. The van der Waals surface area contributed by atoms with Crippen LogP contribution >= 0.6 is 0 Å². The number of carbonyl (C=O) groups is 1. The highest BCUT2D eigenvalue weighted by Gasteiger charge is 2.68. The number of nitrogens with one attached hydrogen (secondary N) is 1. The molecule has 1 fully saturated rings. The third-order valence-electron chi connectivity index (χ3n) is 4.08. The highest BCUT2D eigenvalue weighted by atomic mass is 16.2. The molecule has 0 aliphatic heterocycles. The molecule has 1 aliphatic rings. The summed E-state index contributed by atoms with van der Waals surface area (Å²) in [5.41, 5.74) is -0.407. The average molecular weight is 207 g/mol. The van der Waals surface area contributed by atoms with Gasteiger partial charge in [0.05, 0.1) is 5.54 Å². The molecule has 1 amide bonds. The van der Waals surface area contributed by atoms with Crippen molar-refractivity contribution in [1.29, 1.82) is 0 Å². The Morgan fingerprint density at radius 3 is 1.93 bits per heavy atom. The first-order valence-corrected chi connectivity index (χ1v) is 5.36. The van der Waals surface area contributed by atoms with Crippen LogP contribution in [0.5, 0.6) is 0 Å². The summed E-state index contributed by atoms with van der Waals surface area (Å²) < 4.78 is 0. The number of hydrogen-bond acceptors (Lipinski definition) is 1. The Hall–Kier alpha value is -0.970. The number of rotatable bonds is 2. The monoisotopic (exact) mass is 207 g/mol. The Bertz CT molecular complexity index is 317. The number of terminal acetylenes is 1. The molecule has 1 N–H and O–H groups in total. The molecule has 0 heterocycles. The van der Waals surface area contributed by atoms with E-state index in [0.29, 0.717) is 0 Å². The van der Waals surface area contributed by atoms with Crippen molar-refractivity contribution >= 4 is 5.91 Å². The predicted octanol–water partition coefficient (Wildman–Crippen LogP) is 2.20. The Kier molecular flexibility index (Phi) is 2.43. The van der Waals surface area contributed by atoms with E-state index < -0.39 is 5.54 Å². The molecule has 0 aromatic heterocycles. The molecule has 0 bridgehead atoms. The lowest BCUT2D eigenvalue weighted by molar-refractivity contribution is -0.124. The van der Waals surface area contributed by atoms with E-state index in [1.807, 2.05) is 13.8 Å². The van der Waals surface area contributed by atoms with Crippen LogP contribution in [0.4, 0.5) is 0 Å². The van der Waals surface area contributed by atoms with E-state index in [2.05, 4.69) is 38.9 Å². The van der Waals surface area contributed by atoms with E-state index in [1.54, 1.807) is 0 Å². The summed E-state index contributed by atoms with van der Waals surface area (Å²) in [6.07, 6.45) is 5.35. The van der Waals surface area contributed by atoms with Gasteiger partial charge in [-0.3, -0.25) is 4.79 Å². The van der Waals surface area contributed by atoms with Crippen molar-refractivity contribution < 1.29 is 4.79 Å². The predicted molar refractivity (Wildman–Crippen MR) is 62.1 cm³/mol. The van der Waals surface area contributed by atoms with Crippen molar-refractivity contribution in [1.82, 2.24) is 5.32 Å². The van der Waals surface area contributed by atoms with Crippen LogP contribution in [0.3, 0.4) is 0 Å². The van der Waals surface area contributed by atoms with Gasteiger partial charge in [-0.1, -0.05) is 33.6 Å². The van der Waals surface area contributed by atoms with Crippen molar-refractivity contribution in [2.24, 2.45) is 16.7 Å². The van der Waals surface area contributed by atoms with Crippen molar-refractivity contribution in [3.05, 3.63) is 0 Å². The van der Waals surface area contributed by atoms with E-state index in [0.717, 1.165) is 0 Å². The van der Waals surface area contributed by atoms with Crippen LogP contribution in [0, 0.1) is 29.1 Å². The molecule has 2 heteroatoms. The van der Waals surface area contributed by atoms with Gasteiger partial charge < -0.3 is 5.32 Å². The van der Waals surface area contributed by atoms with E-state index >= 15 is 0 Å². The zero-order chi connectivity index (χ0) is 12.1. The summed E-state index contributed by atoms with van der Waals surface area (Å²) in [5, 5.41) is 2.90. The van der Waals surface area contributed by atoms with Crippen LogP contribution in [-0.4, -0.2) is 11.4 Å². The fourth-order valence-electron chi connectivity index (χ4n) is 2.27. The van der Waals surface area contributed by atoms with Crippen LogP contribution in [0.1, 0.15) is 41.5 Å². The van der Waals surface area contributed by atoms with E-state index in [1.165, 1.54) is 0 Å². The molecule has 1 rings (SSSR count). The summed E-state index contributed by atoms with van der Waals surface area (Å²) in [6.45, 7) is 12.2. The Balaban J connectivity index is 2.72. The fraction of sp³-hybridized carbons (Fsp3) is 0.769. The quantitative estimate of drug-likeness (QED) is 0.691. The maximum Gasteiger partial charge on any atom is 0.225 e. The van der Waals surface area contributed by atoms with Gasteiger partial charge >= 0.3 is 0 Å². The van der Waals surface area contributed by atoms with Gasteiger partial charge in [0.25, 0.3) is 0 Å². The lowest BCUT2D eigenvalue weighted by Crippen LogP contribution is -2.43. The van der Waals surface area contributed by atoms with Crippen LogP contribution in [0.15, 0.2) is 0 Å². The summed E-state index contributed by atoms with van der Waals surface area (Å²) >= 11 is 0. The molecule has 0 aromatic rings. The smallest absolute Gasteiger partial charge is 0.225 e. The van der Waals surface area contributed by atoms with Crippen molar-refractivity contribution in [3.63, 3.8) is 0 Å². The van der Waals surface area contributed by atoms with Gasteiger partial charge in [0.2, 0.25) is 5.91 Å². The maximum absolute atomic E-state index is 12.0. The van der Waals surface area contributed by atoms with E-state index in [9.17, 15) is 4.79 Å². The number of carbonyl (C=O) groups excluding carboxylic acids is 1. The summed E-state index contributed by atoms with van der Waals surface area (Å²) in [5.74, 6) is 2.72. The SMILES string of the molecule is C#CC(C)(C)NC(=O)C1C(C)(C)C1(C)C. The second-order valence-corrected chi connectivity index (χ2v) is 6.13. The van der Waals surface area contributed by atoms with Crippen molar-refractivity contribution in [3.8, 4) is 12.3 Å². The van der Waals surface area contributed by atoms with Gasteiger partial charge in [-0.25, -0.2) is 0 Å². The average Bonchev–Trinajstić information content (AvgIpc) is 2.41. The van der Waals surface area contributed by atoms with Crippen molar-refractivity contribution in [2.75, 3.05) is 0 Å². The molecule has 1 aliphatic carbocycles. The van der Waals surface area contributed by atoms with Gasteiger partial charge in [-0.05, 0) is 24.7 Å². The molecule has 0 unspecified atom stereocenters. The summed E-state index contributed by atoms with van der Waals surface area (Å²) in [7, 11) is 0. The van der Waals surface area contributed by atoms with Crippen LogP contribution in [0.2, 0.25) is 0 Å². The Morgan fingerprint density at radius 1 is 1.27 bits per heavy atom. The molecule has 0 aromatic carbocycles. The zero-order valence-electron chi connectivity index (χ0n) is 10.6. The first-order chi connectivity index (χ1) is 6.56.